The summed E-state index contributed by atoms with van der Waals surface area (Å²) < 4.78 is 40.8. The van der Waals surface area contributed by atoms with Crippen molar-refractivity contribution < 1.29 is 18.0 Å². The van der Waals surface area contributed by atoms with Crippen molar-refractivity contribution in [3.8, 4) is 0 Å². The number of unbranched alkanes of at least 4 members (excludes halogenated alkanes) is 2. The molecular formula is C25H29F3N4OS. The van der Waals surface area contributed by atoms with Crippen LogP contribution in [0.15, 0.2) is 52.8 Å². The lowest BCUT2D eigenvalue weighted by molar-refractivity contribution is -0.137. The lowest BCUT2D eigenvalue weighted by atomic mass is 10.1. The number of aromatic nitrogens is 1. The minimum absolute atomic E-state index is 0.00464. The van der Waals surface area contributed by atoms with E-state index in [0.717, 1.165) is 48.2 Å². The van der Waals surface area contributed by atoms with E-state index in [1.165, 1.54) is 17.4 Å². The molecule has 0 saturated heterocycles. The van der Waals surface area contributed by atoms with E-state index in [1.807, 2.05) is 30.5 Å². The van der Waals surface area contributed by atoms with Crippen molar-refractivity contribution in [2.45, 2.75) is 52.4 Å². The predicted octanol–water partition coefficient (Wildman–Crippen LogP) is 5.48. The number of halogens is 3. The van der Waals surface area contributed by atoms with Crippen molar-refractivity contribution >= 4 is 22.9 Å². The van der Waals surface area contributed by atoms with Gasteiger partial charge in [0.15, 0.2) is 4.80 Å². The Balaban J connectivity index is 1.85. The van der Waals surface area contributed by atoms with E-state index in [4.69, 9.17) is 10.7 Å². The molecule has 5 nitrogen and oxygen atoms in total. The fraction of sp³-hybridized carbons (Fsp3) is 0.360. The number of thiazole rings is 1. The van der Waals surface area contributed by atoms with Gasteiger partial charge in [0, 0.05) is 18.5 Å². The van der Waals surface area contributed by atoms with Crippen molar-refractivity contribution in [3.63, 3.8) is 0 Å². The number of rotatable bonds is 9. The maximum Gasteiger partial charge on any atom is 0.416 e. The molecule has 3 aromatic rings. The summed E-state index contributed by atoms with van der Waals surface area (Å²) in [5.74, 6) is -0.352. The number of aryl methyl sites for hydroxylation is 2. The van der Waals surface area contributed by atoms with Gasteiger partial charge in [-0.05, 0) is 74.2 Å². The molecule has 0 aliphatic heterocycles. The van der Waals surface area contributed by atoms with Crippen LogP contribution in [0.25, 0.3) is 0 Å². The van der Waals surface area contributed by atoms with E-state index in [9.17, 15) is 18.0 Å². The number of carbonyl (C=O) groups excluding carboxylic acids is 1. The van der Waals surface area contributed by atoms with Crippen LogP contribution in [0.3, 0.4) is 0 Å². The summed E-state index contributed by atoms with van der Waals surface area (Å²) in [5, 5.41) is 4.49. The Bertz CT molecular complexity index is 1180. The van der Waals surface area contributed by atoms with E-state index in [1.54, 1.807) is 11.4 Å². The number of nitrogens with one attached hydrogen (secondary N) is 1. The molecule has 0 aliphatic carbocycles. The van der Waals surface area contributed by atoms with Crippen molar-refractivity contribution in [1.82, 2.24) is 9.88 Å². The van der Waals surface area contributed by atoms with Gasteiger partial charge in [-0.3, -0.25) is 4.79 Å². The Labute approximate surface area is 201 Å². The van der Waals surface area contributed by atoms with Crippen LogP contribution >= 0.6 is 11.3 Å². The topological polar surface area (TPSA) is 72.4 Å². The maximum atomic E-state index is 13.0. The molecule has 3 N–H and O–H groups in total. The lowest BCUT2D eigenvalue weighted by Gasteiger charge is -2.11. The third-order valence-electron chi connectivity index (χ3n) is 5.25. The molecule has 9 heteroatoms. The van der Waals surface area contributed by atoms with E-state index in [-0.39, 0.29) is 12.5 Å². The van der Waals surface area contributed by atoms with E-state index < -0.39 is 11.7 Å². The SMILES string of the molecule is Cc1cc(C)cc(/N=c2\scc(C(=O)NCc3cccc(C(F)(F)F)c3)n2CCCCCN)c1. The normalized spacial score (nSPS) is 12.2. The van der Waals surface area contributed by atoms with E-state index in [2.05, 4.69) is 11.4 Å². The average Bonchev–Trinajstić information content (AvgIpc) is 3.16. The standard InChI is InChI=1S/C25H29F3N4OS/c1-17-11-18(2)13-21(12-17)31-24-32(10-5-3-4-9-29)22(16-34-24)23(33)30-15-19-7-6-8-20(14-19)25(26,27)28/h6-8,11-14,16H,3-5,9-10,15,29H2,1-2H3,(H,30,33)/b31-24-. The van der Waals surface area contributed by atoms with E-state index in [0.29, 0.717) is 29.1 Å². The third kappa shape index (κ3) is 7.04. The molecule has 3 rings (SSSR count). The van der Waals surface area contributed by atoms with Crippen LogP contribution < -0.4 is 15.9 Å². The smallest absolute Gasteiger partial charge is 0.347 e. The first-order valence-corrected chi connectivity index (χ1v) is 12.0. The zero-order valence-electron chi connectivity index (χ0n) is 19.3. The van der Waals surface area contributed by atoms with Crippen LogP contribution in [-0.2, 0) is 19.3 Å². The highest BCUT2D eigenvalue weighted by Gasteiger charge is 2.30. The quantitative estimate of drug-likeness (QED) is 0.390. The third-order valence-corrected chi connectivity index (χ3v) is 6.12. The molecule has 0 aliphatic rings. The molecule has 0 saturated carbocycles. The summed E-state index contributed by atoms with van der Waals surface area (Å²) in [5.41, 5.74) is 8.70. The Morgan fingerprint density at radius 3 is 2.50 bits per heavy atom. The molecule has 1 heterocycles. The molecule has 1 aromatic heterocycles. The summed E-state index contributed by atoms with van der Waals surface area (Å²) in [6.07, 6.45) is -1.77. The van der Waals surface area contributed by atoms with Crippen molar-refractivity contribution in [3.05, 3.63) is 80.6 Å². The van der Waals surface area contributed by atoms with Gasteiger partial charge in [-0.2, -0.15) is 13.2 Å². The van der Waals surface area contributed by atoms with Crippen LogP contribution in [-0.4, -0.2) is 17.0 Å². The second kappa shape index (κ2) is 11.5. The summed E-state index contributed by atoms with van der Waals surface area (Å²) in [6, 6.07) is 11.0. The van der Waals surface area contributed by atoms with Gasteiger partial charge in [-0.1, -0.05) is 24.6 Å². The molecule has 0 spiro atoms. The number of carbonyl (C=O) groups is 1. The highest BCUT2D eigenvalue weighted by molar-refractivity contribution is 7.07. The highest BCUT2D eigenvalue weighted by Crippen LogP contribution is 2.29. The first kappa shape index (κ1) is 25.7. The second-order valence-corrected chi connectivity index (χ2v) is 9.08. The summed E-state index contributed by atoms with van der Waals surface area (Å²) in [4.78, 5) is 18.4. The van der Waals surface area contributed by atoms with Crippen LogP contribution in [0.1, 0.15) is 52.0 Å². The second-order valence-electron chi connectivity index (χ2n) is 8.24. The van der Waals surface area contributed by atoms with Crippen molar-refractivity contribution in [1.29, 1.82) is 0 Å². The first-order chi connectivity index (χ1) is 16.2. The van der Waals surface area contributed by atoms with Gasteiger partial charge < -0.3 is 15.6 Å². The number of hydrogen-bond donors (Lipinski definition) is 2. The molecule has 0 atom stereocenters. The van der Waals surface area contributed by atoms with Crippen molar-refractivity contribution in [2.24, 2.45) is 10.7 Å². The van der Waals surface area contributed by atoms with Gasteiger partial charge in [0.25, 0.3) is 5.91 Å². The van der Waals surface area contributed by atoms with Gasteiger partial charge >= 0.3 is 6.18 Å². The van der Waals surface area contributed by atoms with Gasteiger partial charge in [0.2, 0.25) is 0 Å². The van der Waals surface area contributed by atoms with Crippen LogP contribution in [0, 0.1) is 13.8 Å². The van der Waals surface area contributed by atoms with Gasteiger partial charge in [0.05, 0.1) is 11.3 Å². The summed E-state index contributed by atoms with van der Waals surface area (Å²) in [6.45, 7) is 5.22. The molecule has 2 aromatic carbocycles. The Hall–Kier alpha value is -2.91. The minimum Gasteiger partial charge on any atom is -0.347 e. The monoisotopic (exact) mass is 490 g/mol. The highest BCUT2D eigenvalue weighted by atomic mass is 32.1. The average molecular weight is 491 g/mol. The van der Waals surface area contributed by atoms with Crippen LogP contribution in [0.2, 0.25) is 0 Å². The summed E-state index contributed by atoms with van der Waals surface area (Å²) >= 11 is 1.36. The molecule has 0 bridgehead atoms. The fourth-order valence-electron chi connectivity index (χ4n) is 3.66. The van der Waals surface area contributed by atoms with Gasteiger partial charge in [-0.25, -0.2) is 4.99 Å². The Kier molecular flexibility index (Phi) is 8.68. The summed E-state index contributed by atoms with van der Waals surface area (Å²) in [7, 11) is 0. The fourth-order valence-corrected chi connectivity index (χ4v) is 4.59. The zero-order valence-corrected chi connectivity index (χ0v) is 20.1. The molecule has 0 fully saturated rings. The number of hydrogen-bond acceptors (Lipinski definition) is 4. The largest absolute Gasteiger partial charge is 0.416 e. The van der Waals surface area contributed by atoms with Gasteiger partial charge in [0.1, 0.15) is 5.69 Å². The van der Waals surface area contributed by atoms with Gasteiger partial charge in [-0.15, -0.1) is 11.3 Å². The zero-order chi connectivity index (χ0) is 24.7. The van der Waals surface area contributed by atoms with Crippen LogP contribution in [0.4, 0.5) is 18.9 Å². The number of nitrogens with zero attached hydrogens (tertiary/aromatic N) is 2. The molecule has 0 unspecified atom stereocenters. The number of amides is 1. The molecule has 0 radical (unpaired) electrons. The first-order valence-electron chi connectivity index (χ1n) is 11.1. The van der Waals surface area contributed by atoms with Crippen molar-refractivity contribution in [2.75, 3.05) is 6.54 Å². The molecule has 1 amide bonds. The van der Waals surface area contributed by atoms with E-state index >= 15 is 0 Å². The molecule has 182 valence electrons. The molecular weight excluding hydrogens is 461 g/mol. The number of benzene rings is 2. The Morgan fingerprint density at radius 1 is 1.09 bits per heavy atom. The minimum atomic E-state index is -4.43. The lowest BCUT2D eigenvalue weighted by Crippen LogP contribution is -2.28. The molecule has 34 heavy (non-hydrogen) atoms. The Morgan fingerprint density at radius 2 is 1.82 bits per heavy atom. The number of nitrogens with two attached hydrogens (primary N) is 1. The van der Waals surface area contributed by atoms with Crippen LogP contribution in [0.5, 0.6) is 0 Å². The number of alkyl halides is 3. The predicted molar refractivity (Wildman–Crippen MR) is 129 cm³/mol. The maximum absolute atomic E-state index is 13.0.